The molecule has 1 aromatic rings. The zero-order valence-corrected chi connectivity index (χ0v) is 10.8. The van der Waals surface area contributed by atoms with Crippen molar-refractivity contribution in [2.24, 2.45) is 5.92 Å². The minimum absolute atomic E-state index is 0.0131. The summed E-state index contributed by atoms with van der Waals surface area (Å²) in [4.78, 5) is 27.8. The monoisotopic (exact) mass is 257 g/mol. The molecule has 3 rings (SSSR count). The Bertz CT molecular complexity index is 474. The van der Waals surface area contributed by atoms with Crippen LogP contribution in [0.15, 0.2) is 24.3 Å². The van der Waals surface area contributed by atoms with Crippen molar-refractivity contribution in [3.8, 4) is 0 Å². The fourth-order valence-electron chi connectivity index (χ4n) is 2.42. The van der Waals surface area contributed by atoms with Gasteiger partial charge in [0.25, 0.3) is 5.91 Å². The number of benzene rings is 1. The first-order chi connectivity index (χ1) is 9.25. The summed E-state index contributed by atoms with van der Waals surface area (Å²) in [6.07, 6.45) is 2.08. The Morgan fingerprint density at radius 1 is 1.05 bits per heavy atom. The van der Waals surface area contributed by atoms with E-state index in [9.17, 15) is 9.59 Å². The van der Waals surface area contributed by atoms with Crippen LogP contribution in [0.4, 0.5) is 0 Å². The Hall–Kier alpha value is -1.84. The first kappa shape index (κ1) is 12.2. The zero-order valence-electron chi connectivity index (χ0n) is 10.8. The van der Waals surface area contributed by atoms with Crippen LogP contribution in [0.2, 0.25) is 0 Å². The molecular weight excluding hydrogens is 240 g/mol. The second-order valence-corrected chi connectivity index (χ2v) is 5.17. The molecular formula is C15H17N2O2. The zero-order chi connectivity index (χ0) is 13.2. The van der Waals surface area contributed by atoms with Gasteiger partial charge in [0, 0.05) is 37.7 Å². The SMILES string of the molecule is O=C(c1[c]cccc1)N1CCN(C(=O)C2CC2)CC1. The molecule has 1 heterocycles. The van der Waals surface area contributed by atoms with E-state index in [0.717, 1.165) is 12.8 Å². The normalized spacial score (nSPS) is 19.4. The van der Waals surface area contributed by atoms with Gasteiger partial charge in [0.1, 0.15) is 0 Å². The molecule has 19 heavy (non-hydrogen) atoms. The van der Waals surface area contributed by atoms with E-state index in [1.54, 1.807) is 12.1 Å². The molecule has 2 aliphatic rings. The van der Waals surface area contributed by atoms with E-state index in [-0.39, 0.29) is 17.7 Å². The van der Waals surface area contributed by atoms with Gasteiger partial charge in [0.05, 0.1) is 0 Å². The molecule has 1 saturated carbocycles. The van der Waals surface area contributed by atoms with E-state index in [1.165, 1.54) is 0 Å². The molecule has 1 saturated heterocycles. The van der Waals surface area contributed by atoms with Gasteiger partial charge in [-0.15, -0.1) is 0 Å². The lowest BCUT2D eigenvalue weighted by Gasteiger charge is -2.34. The van der Waals surface area contributed by atoms with E-state index in [1.807, 2.05) is 21.9 Å². The molecule has 0 unspecified atom stereocenters. The van der Waals surface area contributed by atoms with Crippen molar-refractivity contribution in [3.05, 3.63) is 35.9 Å². The van der Waals surface area contributed by atoms with Crippen molar-refractivity contribution in [1.82, 2.24) is 9.80 Å². The minimum atomic E-state index is 0.0131. The highest BCUT2D eigenvalue weighted by molar-refractivity contribution is 5.94. The van der Waals surface area contributed by atoms with Crippen molar-refractivity contribution >= 4 is 11.8 Å². The van der Waals surface area contributed by atoms with E-state index in [4.69, 9.17) is 0 Å². The molecule has 0 N–H and O–H groups in total. The van der Waals surface area contributed by atoms with Crippen LogP contribution in [0.25, 0.3) is 0 Å². The Kier molecular flexibility index (Phi) is 3.23. The molecule has 2 amide bonds. The Labute approximate surface area is 113 Å². The number of piperazine rings is 1. The Morgan fingerprint density at radius 3 is 2.32 bits per heavy atom. The van der Waals surface area contributed by atoms with E-state index in [0.29, 0.717) is 31.7 Å². The lowest BCUT2D eigenvalue weighted by atomic mass is 10.2. The van der Waals surface area contributed by atoms with Crippen LogP contribution in [0.5, 0.6) is 0 Å². The molecule has 1 aromatic carbocycles. The van der Waals surface area contributed by atoms with Gasteiger partial charge in [-0.1, -0.05) is 18.2 Å². The standard InChI is InChI=1S/C15H17N2O2/c18-14(12-4-2-1-3-5-12)16-8-10-17(11-9-16)15(19)13-6-7-13/h1-4,13H,6-11H2. The quantitative estimate of drug-likeness (QED) is 0.798. The van der Waals surface area contributed by atoms with Crippen LogP contribution in [0.3, 0.4) is 0 Å². The number of carbonyl (C=O) groups excluding carboxylic acids is 2. The van der Waals surface area contributed by atoms with Crippen LogP contribution in [0, 0.1) is 12.0 Å². The Balaban J connectivity index is 1.58. The summed E-state index contributed by atoms with van der Waals surface area (Å²) in [5.41, 5.74) is 0.601. The summed E-state index contributed by atoms with van der Waals surface area (Å²) in [5.74, 6) is 0.558. The van der Waals surface area contributed by atoms with Crippen molar-refractivity contribution in [3.63, 3.8) is 0 Å². The third kappa shape index (κ3) is 2.62. The van der Waals surface area contributed by atoms with Crippen LogP contribution in [-0.4, -0.2) is 47.8 Å². The molecule has 0 aromatic heterocycles. The first-order valence-electron chi connectivity index (χ1n) is 6.80. The van der Waals surface area contributed by atoms with E-state index >= 15 is 0 Å². The maximum absolute atomic E-state index is 12.2. The minimum Gasteiger partial charge on any atom is -0.339 e. The predicted molar refractivity (Wildman–Crippen MR) is 70.5 cm³/mol. The predicted octanol–water partition coefficient (Wildman–Crippen LogP) is 1.18. The van der Waals surface area contributed by atoms with Crippen LogP contribution in [-0.2, 0) is 4.79 Å². The molecule has 0 bridgehead atoms. The number of amides is 2. The van der Waals surface area contributed by atoms with Gasteiger partial charge in [0.2, 0.25) is 5.91 Å². The van der Waals surface area contributed by atoms with Gasteiger partial charge in [-0.05, 0) is 25.0 Å². The second kappa shape index (κ2) is 5.03. The van der Waals surface area contributed by atoms with Crippen LogP contribution >= 0.6 is 0 Å². The van der Waals surface area contributed by atoms with E-state index < -0.39 is 0 Å². The molecule has 1 aliphatic heterocycles. The summed E-state index contributed by atoms with van der Waals surface area (Å²) in [6.45, 7) is 2.57. The average molecular weight is 257 g/mol. The molecule has 4 nitrogen and oxygen atoms in total. The third-order valence-corrected chi connectivity index (χ3v) is 3.74. The summed E-state index contributed by atoms with van der Waals surface area (Å²) >= 11 is 0. The number of carbonyl (C=O) groups is 2. The fourth-order valence-corrected chi connectivity index (χ4v) is 2.42. The van der Waals surface area contributed by atoms with E-state index in [2.05, 4.69) is 6.07 Å². The summed E-state index contributed by atoms with van der Waals surface area (Å²) in [5, 5.41) is 0. The molecule has 0 spiro atoms. The lowest BCUT2D eigenvalue weighted by molar-refractivity contribution is -0.134. The van der Waals surface area contributed by atoms with Gasteiger partial charge in [-0.2, -0.15) is 0 Å². The van der Waals surface area contributed by atoms with Crippen LogP contribution < -0.4 is 0 Å². The number of nitrogens with zero attached hydrogens (tertiary/aromatic N) is 2. The molecule has 1 radical (unpaired) electrons. The Morgan fingerprint density at radius 2 is 1.74 bits per heavy atom. The third-order valence-electron chi connectivity index (χ3n) is 3.74. The molecule has 1 aliphatic carbocycles. The van der Waals surface area contributed by atoms with Crippen molar-refractivity contribution in [1.29, 1.82) is 0 Å². The summed E-state index contributed by atoms with van der Waals surface area (Å²) in [6, 6.07) is 10.2. The molecule has 0 atom stereocenters. The number of rotatable bonds is 2. The highest BCUT2D eigenvalue weighted by Crippen LogP contribution is 2.31. The largest absolute Gasteiger partial charge is 0.339 e. The van der Waals surface area contributed by atoms with Crippen LogP contribution in [0.1, 0.15) is 23.2 Å². The summed E-state index contributed by atoms with van der Waals surface area (Å²) in [7, 11) is 0. The first-order valence-corrected chi connectivity index (χ1v) is 6.80. The van der Waals surface area contributed by atoms with Gasteiger partial charge in [0.15, 0.2) is 0 Å². The second-order valence-electron chi connectivity index (χ2n) is 5.17. The molecule has 99 valence electrons. The molecule has 2 fully saturated rings. The molecule has 4 heteroatoms. The fraction of sp³-hybridized carbons (Fsp3) is 0.467. The lowest BCUT2D eigenvalue weighted by Crippen LogP contribution is -2.51. The maximum Gasteiger partial charge on any atom is 0.254 e. The van der Waals surface area contributed by atoms with Gasteiger partial charge in [-0.3, -0.25) is 9.59 Å². The van der Waals surface area contributed by atoms with Crippen molar-refractivity contribution < 1.29 is 9.59 Å². The number of hydrogen-bond donors (Lipinski definition) is 0. The smallest absolute Gasteiger partial charge is 0.254 e. The highest BCUT2D eigenvalue weighted by atomic mass is 16.2. The van der Waals surface area contributed by atoms with Gasteiger partial charge >= 0.3 is 0 Å². The van der Waals surface area contributed by atoms with Crippen molar-refractivity contribution in [2.75, 3.05) is 26.2 Å². The van der Waals surface area contributed by atoms with Gasteiger partial charge < -0.3 is 9.80 Å². The summed E-state index contributed by atoms with van der Waals surface area (Å²) < 4.78 is 0. The number of hydrogen-bond acceptors (Lipinski definition) is 2. The highest BCUT2D eigenvalue weighted by Gasteiger charge is 2.35. The topological polar surface area (TPSA) is 40.6 Å². The maximum atomic E-state index is 12.2. The van der Waals surface area contributed by atoms with Gasteiger partial charge in [-0.25, -0.2) is 0 Å². The average Bonchev–Trinajstić information content (AvgIpc) is 3.31. The van der Waals surface area contributed by atoms with Crippen molar-refractivity contribution in [2.45, 2.75) is 12.8 Å².